The predicted molar refractivity (Wildman–Crippen MR) is 108 cm³/mol. The minimum absolute atomic E-state index is 0.0596. The van der Waals surface area contributed by atoms with Gasteiger partial charge in [0.1, 0.15) is 11.5 Å². The number of nitrogens with zero attached hydrogens (tertiary/aromatic N) is 2. The van der Waals surface area contributed by atoms with Crippen molar-refractivity contribution in [2.75, 3.05) is 6.54 Å². The topological polar surface area (TPSA) is 117 Å². The van der Waals surface area contributed by atoms with E-state index in [1.54, 1.807) is 13.1 Å². The molecule has 2 amide bonds. The lowest BCUT2D eigenvalue weighted by atomic mass is 9.77. The van der Waals surface area contributed by atoms with E-state index in [1.165, 1.54) is 13.0 Å². The van der Waals surface area contributed by atoms with Crippen LogP contribution in [0, 0.1) is 18.8 Å². The Labute approximate surface area is 169 Å². The molecule has 0 aliphatic heterocycles. The van der Waals surface area contributed by atoms with Crippen LogP contribution in [0.4, 0.5) is 0 Å². The highest BCUT2D eigenvalue weighted by Gasteiger charge is 2.30. The normalized spacial score (nSPS) is 19.9. The number of hydrogen-bond donors (Lipinski definition) is 3. The van der Waals surface area contributed by atoms with Gasteiger partial charge in [0.15, 0.2) is 0 Å². The van der Waals surface area contributed by atoms with E-state index in [0.717, 1.165) is 31.4 Å². The Morgan fingerprint density at radius 2 is 2.00 bits per heavy atom. The van der Waals surface area contributed by atoms with Crippen LogP contribution in [0.2, 0.25) is 0 Å². The summed E-state index contributed by atoms with van der Waals surface area (Å²) in [5, 5.41) is 5.95. The van der Waals surface area contributed by atoms with Crippen LogP contribution >= 0.6 is 0 Å². The van der Waals surface area contributed by atoms with Gasteiger partial charge in [-0.15, -0.1) is 0 Å². The number of H-pyrrole nitrogens is 1. The molecule has 2 heterocycles. The van der Waals surface area contributed by atoms with Gasteiger partial charge in [-0.1, -0.05) is 6.07 Å². The molecular formula is C21H27N5O3. The first-order valence-electron chi connectivity index (χ1n) is 9.96. The van der Waals surface area contributed by atoms with Crippen LogP contribution in [0.1, 0.15) is 60.7 Å². The van der Waals surface area contributed by atoms with E-state index in [1.807, 2.05) is 18.2 Å². The third kappa shape index (κ3) is 5.73. The number of pyridine rings is 1. The Morgan fingerprint density at radius 1 is 1.24 bits per heavy atom. The fourth-order valence-electron chi connectivity index (χ4n) is 3.96. The maximum Gasteiger partial charge on any atom is 0.270 e. The lowest BCUT2D eigenvalue weighted by Crippen LogP contribution is -2.37. The molecule has 1 aliphatic carbocycles. The van der Waals surface area contributed by atoms with Crippen molar-refractivity contribution in [1.29, 1.82) is 0 Å². The standard InChI is InChI=1S/C21H27N5O3/c1-13-24-18(11-19(28)25-13)21(29)23-12-15-6-8-16(9-7-15)20(26-14(2)27)17-5-3-4-10-22-17/h3-5,10-11,15-16,20H,6-9,12H2,1-2H3,(H,23,29)(H,26,27)(H,24,25,28)/t15?,16?,20-/m1/s1. The zero-order chi connectivity index (χ0) is 20.8. The zero-order valence-electron chi connectivity index (χ0n) is 16.8. The quantitative estimate of drug-likeness (QED) is 0.688. The van der Waals surface area contributed by atoms with Gasteiger partial charge in [0.25, 0.3) is 11.5 Å². The van der Waals surface area contributed by atoms with Crippen molar-refractivity contribution in [3.8, 4) is 0 Å². The van der Waals surface area contributed by atoms with E-state index >= 15 is 0 Å². The minimum Gasteiger partial charge on any atom is -0.350 e. The molecule has 0 unspecified atom stereocenters. The molecular weight excluding hydrogens is 370 g/mol. The van der Waals surface area contributed by atoms with Crippen molar-refractivity contribution in [3.63, 3.8) is 0 Å². The number of aromatic nitrogens is 3. The number of carbonyl (C=O) groups excluding carboxylic acids is 2. The van der Waals surface area contributed by atoms with Crippen LogP contribution in [0.25, 0.3) is 0 Å². The molecule has 29 heavy (non-hydrogen) atoms. The van der Waals surface area contributed by atoms with Crippen LogP contribution in [-0.2, 0) is 4.79 Å². The molecule has 1 aliphatic rings. The van der Waals surface area contributed by atoms with Crippen LogP contribution < -0.4 is 16.2 Å². The van der Waals surface area contributed by atoms with Gasteiger partial charge >= 0.3 is 0 Å². The van der Waals surface area contributed by atoms with Crippen LogP contribution in [0.15, 0.2) is 35.3 Å². The summed E-state index contributed by atoms with van der Waals surface area (Å²) in [5.74, 6) is 0.709. The van der Waals surface area contributed by atoms with Gasteiger partial charge in [-0.3, -0.25) is 19.4 Å². The lowest BCUT2D eigenvalue weighted by molar-refractivity contribution is -0.120. The average molecular weight is 397 g/mol. The summed E-state index contributed by atoms with van der Waals surface area (Å²) < 4.78 is 0. The van der Waals surface area contributed by atoms with E-state index < -0.39 is 0 Å². The highest BCUT2D eigenvalue weighted by molar-refractivity contribution is 5.92. The summed E-state index contributed by atoms with van der Waals surface area (Å²) in [7, 11) is 0. The Bertz CT molecular complexity index is 904. The summed E-state index contributed by atoms with van der Waals surface area (Å²) >= 11 is 0. The molecule has 8 heteroatoms. The van der Waals surface area contributed by atoms with Gasteiger partial charge in [-0.25, -0.2) is 4.98 Å². The van der Waals surface area contributed by atoms with Crippen molar-refractivity contribution in [2.24, 2.45) is 11.8 Å². The van der Waals surface area contributed by atoms with E-state index in [4.69, 9.17) is 0 Å². The maximum absolute atomic E-state index is 12.3. The average Bonchev–Trinajstić information content (AvgIpc) is 2.70. The molecule has 154 valence electrons. The first kappa shape index (κ1) is 20.7. The number of nitrogens with one attached hydrogen (secondary N) is 3. The van der Waals surface area contributed by atoms with Crippen LogP contribution in [-0.4, -0.2) is 33.3 Å². The first-order valence-corrected chi connectivity index (χ1v) is 9.96. The van der Waals surface area contributed by atoms with E-state index in [-0.39, 0.29) is 29.1 Å². The van der Waals surface area contributed by atoms with Gasteiger partial charge in [0.05, 0.1) is 11.7 Å². The molecule has 0 spiro atoms. The molecule has 8 nitrogen and oxygen atoms in total. The van der Waals surface area contributed by atoms with Gasteiger partial charge in [0, 0.05) is 25.7 Å². The maximum atomic E-state index is 12.3. The molecule has 1 fully saturated rings. The number of hydrogen-bond acceptors (Lipinski definition) is 5. The molecule has 0 radical (unpaired) electrons. The fourth-order valence-corrected chi connectivity index (χ4v) is 3.96. The number of rotatable bonds is 6. The second-order valence-electron chi connectivity index (χ2n) is 7.64. The Hall–Kier alpha value is -3.03. The molecule has 1 atom stereocenters. The number of carbonyl (C=O) groups is 2. The van der Waals surface area contributed by atoms with Crippen molar-refractivity contribution < 1.29 is 9.59 Å². The van der Waals surface area contributed by atoms with E-state index in [0.29, 0.717) is 24.2 Å². The van der Waals surface area contributed by atoms with Crippen LogP contribution in [0.5, 0.6) is 0 Å². The highest BCUT2D eigenvalue weighted by atomic mass is 16.2. The third-order valence-corrected chi connectivity index (χ3v) is 5.37. The number of aryl methyl sites for hydroxylation is 1. The summed E-state index contributed by atoms with van der Waals surface area (Å²) in [6.45, 7) is 3.72. The monoisotopic (exact) mass is 397 g/mol. The van der Waals surface area contributed by atoms with Gasteiger partial charge in [0.2, 0.25) is 5.91 Å². The summed E-state index contributed by atoms with van der Waals surface area (Å²) in [4.78, 5) is 46.5. The van der Waals surface area contributed by atoms with Crippen molar-refractivity contribution in [3.05, 3.63) is 58.0 Å². The highest BCUT2D eigenvalue weighted by Crippen LogP contribution is 2.36. The van der Waals surface area contributed by atoms with Gasteiger partial charge < -0.3 is 15.6 Å². The first-order chi connectivity index (χ1) is 13.9. The molecule has 3 rings (SSSR count). The van der Waals surface area contributed by atoms with E-state index in [2.05, 4.69) is 25.6 Å². The minimum atomic E-state index is -0.332. The second-order valence-corrected chi connectivity index (χ2v) is 7.64. The summed E-state index contributed by atoms with van der Waals surface area (Å²) in [5.41, 5.74) is 0.692. The third-order valence-electron chi connectivity index (χ3n) is 5.37. The molecule has 2 aromatic rings. The van der Waals surface area contributed by atoms with Crippen molar-refractivity contribution in [2.45, 2.75) is 45.6 Å². The SMILES string of the molecule is CC(=O)N[C@@H](c1ccccn1)C1CCC(CNC(=O)c2cc(=O)[nH]c(C)n2)CC1. The molecule has 0 saturated heterocycles. The van der Waals surface area contributed by atoms with Crippen molar-refractivity contribution in [1.82, 2.24) is 25.6 Å². The molecule has 3 N–H and O–H groups in total. The zero-order valence-corrected chi connectivity index (χ0v) is 16.8. The number of amides is 2. The largest absolute Gasteiger partial charge is 0.350 e. The smallest absolute Gasteiger partial charge is 0.270 e. The molecule has 1 saturated carbocycles. The summed E-state index contributed by atoms with van der Waals surface area (Å²) in [6.07, 6.45) is 5.55. The van der Waals surface area contributed by atoms with E-state index in [9.17, 15) is 14.4 Å². The van der Waals surface area contributed by atoms with Gasteiger partial charge in [-0.05, 0) is 56.6 Å². The second kappa shape index (κ2) is 9.45. The fraction of sp³-hybridized carbons (Fsp3) is 0.476. The lowest BCUT2D eigenvalue weighted by Gasteiger charge is -2.34. The summed E-state index contributed by atoms with van der Waals surface area (Å²) in [6, 6.07) is 6.87. The Balaban J connectivity index is 1.54. The van der Waals surface area contributed by atoms with Crippen LogP contribution in [0.3, 0.4) is 0 Å². The Morgan fingerprint density at radius 3 is 2.62 bits per heavy atom. The number of aromatic amines is 1. The molecule has 2 aromatic heterocycles. The molecule has 0 aromatic carbocycles. The van der Waals surface area contributed by atoms with Gasteiger partial charge in [-0.2, -0.15) is 0 Å². The predicted octanol–water partition coefficient (Wildman–Crippen LogP) is 1.89. The molecule has 0 bridgehead atoms. The Kier molecular flexibility index (Phi) is 6.74. The van der Waals surface area contributed by atoms with Crippen molar-refractivity contribution >= 4 is 11.8 Å².